The van der Waals surface area contributed by atoms with E-state index in [0.717, 1.165) is 0 Å². The summed E-state index contributed by atoms with van der Waals surface area (Å²) in [6, 6.07) is 0. The van der Waals surface area contributed by atoms with Crippen molar-refractivity contribution < 1.29 is 174 Å². The fourth-order valence-corrected chi connectivity index (χ4v) is 4.18. The van der Waals surface area contributed by atoms with Crippen LogP contribution >= 0.6 is 0 Å². The molecule has 0 aliphatic carbocycles. The van der Waals surface area contributed by atoms with Crippen molar-refractivity contribution in [3.8, 4) is 0 Å². The molecule has 0 amide bonds. The van der Waals surface area contributed by atoms with Crippen molar-refractivity contribution in [2.75, 3.05) is 72.7 Å². The number of aliphatic hydroxyl groups is 1. The fraction of sp³-hybridized carbons (Fsp3) is 1.00. The van der Waals surface area contributed by atoms with E-state index in [0.29, 0.717) is 0 Å². The molecule has 0 saturated heterocycles. The maximum Gasteiger partial charge on any atom is 0.460 e. The van der Waals surface area contributed by atoms with Crippen LogP contribution in [0.15, 0.2) is 0 Å². The second kappa shape index (κ2) is 20.3. The van der Waals surface area contributed by atoms with Crippen LogP contribution in [0.1, 0.15) is 6.42 Å². The molecule has 0 aromatic rings. The van der Waals surface area contributed by atoms with Crippen LogP contribution < -0.4 is 0 Å². The molecule has 0 aromatic carbocycles. The van der Waals surface area contributed by atoms with Gasteiger partial charge in [-0.15, -0.1) is 0 Å². The van der Waals surface area contributed by atoms with Crippen LogP contribution in [0.25, 0.3) is 0 Å². The third-order valence-corrected chi connectivity index (χ3v) is 8.23. The van der Waals surface area contributed by atoms with Gasteiger partial charge in [-0.25, -0.2) is 0 Å². The molecule has 0 rings (SSSR count). The van der Waals surface area contributed by atoms with Crippen LogP contribution in [0.4, 0.5) is 145 Å². The Hall–Kier alpha value is -2.55. The van der Waals surface area contributed by atoms with Gasteiger partial charge in [-0.3, -0.25) is 0 Å². The maximum absolute atomic E-state index is 14.2. The number of halogens is 33. The van der Waals surface area contributed by atoms with E-state index in [2.05, 4.69) is 4.74 Å². The molecule has 0 aromatic heterocycles. The van der Waals surface area contributed by atoms with Gasteiger partial charge in [0.15, 0.2) is 0 Å². The zero-order valence-electron chi connectivity index (χ0n) is 31.4. The van der Waals surface area contributed by atoms with Crippen LogP contribution in [0.5, 0.6) is 0 Å². The van der Waals surface area contributed by atoms with Gasteiger partial charge >= 0.3 is 95.0 Å². The van der Waals surface area contributed by atoms with E-state index < -0.39 is 128 Å². The summed E-state index contributed by atoms with van der Waals surface area (Å²) in [6.45, 7) is -4.87. The zero-order valence-corrected chi connectivity index (χ0v) is 31.4. The lowest BCUT2D eigenvalue weighted by molar-refractivity contribution is -0.491. The number of ether oxygens (including phenoxy) is 5. The molecule has 0 fully saturated rings. The van der Waals surface area contributed by atoms with Crippen LogP contribution in [0.3, 0.4) is 0 Å². The van der Waals surface area contributed by atoms with Gasteiger partial charge in [-0.05, 0) is 0 Å². The van der Waals surface area contributed by atoms with Gasteiger partial charge in [-0.2, -0.15) is 145 Å². The molecule has 67 heavy (non-hydrogen) atoms. The summed E-state index contributed by atoms with van der Waals surface area (Å²) >= 11 is 0. The van der Waals surface area contributed by atoms with E-state index in [9.17, 15) is 145 Å². The molecular weight excluding hydrogens is 1060 g/mol. The molecular formula is C28H25F33O6. The van der Waals surface area contributed by atoms with Crippen LogP contribution in [0.2, 0.25) is 0 Å². The Bertz CT molecular complexity index is 1560. The molecule has 0 saturated carbocycles. The quantitative estimate of drug-likeness (QED) is 0.0551. The smallest absolute Gasteiger partial charge is 0.394 e. The molecule has 0 aliphatic heterocycles. The summed E-state index contributed by atoms with van der Waals surface area (Å²) in [5.41, 5.74) is 0. The van der Waals surface area contributed by atoms with E-state index in [1.165, 1.54) is 0 Å². The second-order valence-electron chi connectivity index (χ2n) is 12.8. The lowest BCUT2D eigenvalue weighted by Crippen LogP contribution is -2.80. The minimum atomic E-state index is -10.2. The largest absolute Gasteiger partial charge is 0.460 e. The molecule has 39 heteroatoms. The van der Waals surface area contributed by atoms with Crippen molar-refractivity contribution in [1.82, 2.24) is 0 Å². The summed E-state index contributed by atoms with van der Waals surface area (Å²) in [7, 11) is 0. The number of aliphatic hydroxyl groups excluding tert-OH is 1. The van der Waals surface area contributed by atoms with Gasteiger partial charge in [0.05, 0.1) is 72.7 Å². The summed E-state index contributed by atoms with van der Waals surface area (Å²) in [6.07, 6.45) is -11.5. The van der Waals surface area contributed by atoms with E-state index in [1.807, 2.05) is 0 Å². The van der Waals surface area contributed by atoms with Crippen LogP contribution in [-0.4, -0.2) is 173 Å². The topological polar surface area (TPSA) is 66.4 Å². The van der Waals surface area contributed by atoms with Crippen molar-refractivity contribution in [1.29, 1.82) is 0 Å². The fourth-order valence-electron chi connectivity index (χ4n) is 4.18. The Morgan fingerprint density at radius 3 is 0.567 bits per heavy atom. The normalized spacial score (nSPS) is 16.0. The van der Waals surface area contributed by atoms with Gasteiger partial charge in [-0.1, -0.05) is 0 Å². The predicted molar refractivity (Wildman–Crippen MR) is 146 cm³/mol. The highest BCUT2D eigenvalue weighted by atomic mass is 19.4. The first-order valence-corrected chi connectivity index (χ1v) is 16.5. The Morgan fingerprint density at radius 1 is 0.209 bits per heavy atom. The maximum atomic E-state index is 14.2. The van der Waals surface area contributed by atoms with Crippen molar-refractivity contribution in [2.24, 2.45) is 0 Å². The van der Waals surface area contributed by atoms with Crippen molar-refractivity contribution >= 4 is 0 Å². The number of rotatable bonds is 31. The van der Waals surface area contributed by atoms with E-state index in [-0.39, 0.29) is 46.2 Å². The molecule has 0 atom stereocenters. The summed E-state index contributed by atoms with van der Waals surface area (Å²) in [5.74, 6) is -143. The number of hydrogen-bond donors (Lipinski definition) is 1. The standard InChI is InChI=1S/C28H25F33O6/c29-13(30,1-3-63-5-7-65-9-11-67-12-10-66-8-6-64-4-2-62)14(31,32)15(33,34)16(35,36)17(37,38)18(39,40)19(41,42)20(43,44)21(45,46)22(47,48)23(49,50)24(51,52)25(53,54)26(55,56)27(57,58)28(59,60)61/h62H,1-12H2. The van der Waals surface area contributed by atoms with Crippen LogP contribution in [0, 0.1) is 0 Å². The highest BCUT2D eigenvalue weighted by Crippen LogP contribution is 2.70. The first-order valence-electron chi connectivity index (χ1n) is 16.5. The lowest BCUT2D eigenvalue weighted by Gasteiger charge is -2.47. The van der Waals surface area contributed by atoms with E-state index in [4.69, 9.17) is 24.1 Å². The first kappa shape index (κ1) is 64.5. The summed E-state index contributed by atoms with van der Waals surface area (Å²) in [5, 5.41) is 8.48. The molecule has 0 aliphatic rings. The Labute approximate surface area is 348 Å². The van der Waals surface area contributed by atoms with Gasteiger partial charge in [0.2, 0.25) is 0 Å². The lowest BCUT2D eigenvalue weighted by atomic mass is 9.82. The number of hydrogen-bond acceptors (Lipinski definition) is 6. The zero-order chi connectivity index (χ0) is 54.0. The second-order valence-corrected chi connectivity index (χ2v) is 12.8. The molecule has 6 nitrogen and oxygen atoms in total. The molecule has 1 N–H and O–H groups in total. The third-order valence-electron chi connectivity index (χ3n) is 8.23. The molecule has 0 heterocycles. The van der Waals surface area contributed by atoms with E-state index >= 15 is 0 Å². The number of alkyl halides is 33. The van der Waals surface area contributed by atoms with E-state index in [1.54, 1.807) is 0 Å². The Balaban J connectivity index is 6.51. The SMILES string of the molecule is OCCOCCOCCOCCOCCOCCC(F)(F)C(F)(F)C(F)(F)C(F)(F)C(F)(F)C(F)(F)C(F)(F)C(F)(F)C(F)(F)C(F)(F)C(F)(F)C(F)(F)C(F)(F)C(F)(F)C(F)(F)C(F)(F)F. The van der Waals surface area contributed by atoms with Gasteiger partial charge in [0.25, 0.3) is 0 Å². The molecule has 404 valence electrons. The average molecular weight is 1080 g/mol. The first-order chi connectivity index (χ1) is 29.3. The highest BCUT2D eigenvalue weighted by Gasteiger charge is 3.01. The molecule has 0 unspecified atom stereocenters. The van der Waals surface area contributed by atoms with Crippen LogP contribution in [-0.2, 0) is 23.7 Å². The molecule has 0 radical (unpaired) electrons. The monoisotopic (exact) mass is 1080 g/mol. The minimum Gasteiger partial charge on any atom is -0.394 e. The highest BCUT2D eigenvalue weighted by molar-refractivity contribution is 5.22. The van der Waals surface area contributed by atoms with Gasteiger partial charge < -0.3 is 28.8 Å². The van der Waals surface area contributed by atoms with Gasteiger partial charge in [0, 0.05) is 6.42 Å². The minimum absolute atomic E-state index is 0.00888. The molecule has 0 spiro atoms. The third kappa shape index (κ3) is 10.4. The van der Waals surface area contributed by atoms with Crippen molar-refractivity contribution in [2.45, 2.75) is 101 Å². The Kier molecular flexibility index (Phi) is 19.5. The van der Waals surface area contributed by atoms with Crippen molar-refractivity contribution in [3.05, 3.63) is 0 Å². The molecule has 0 bridgehead atoms. The Morgan fingerprint density at radius 2 is 0.373 bits per heavy atom. The summed E-state index contributed by atoms with van der Waals surface area (Å²) < 4.78 is 476. The predicted octanol–water partition coefficient (Wildman–Crippen LogP) is 10.5. The average Bonchev–Trinajstić information content (AvgIpc) is 3.16. The summed E-state index contributed by atoms with van der Waals surface area (Å²) in [4.78, 5) is 0. The van der Waals surface area contributed by atoms with Gasteiger partial charge in [0.1, 0.15) is 0 Å². The van der Waals surface area contributed by atoms with Crippen molar-refractivity contribution in [3.63, 3.8) is 0 Å².